The topological polar surface area (TPSA) is 66.8 Å². The molecule has 1 aliphatic heterocycles. The zero-order valence-corrected chi connectivity index (χ0v) is 29.0. The first-order valence-electron chi connectivity index (χ1n) is 17.5. The number of aromatic nitrogens is 1. The first-order valence-corrected chi connectivity index (χ1v) is 17.5. The second kappa shape index (κ2) is 17.1. The number of alkyl halides is 3. The number of carbonyl (C=O) groups excluding carboxylic acids is 1. The van der Waals surface area contributed by atoms with E-state index >= 15 is 4.39 Å². The Labute approximate surface area is 292 Å². The zero-order valence-electron chi connectivity index (χ0n) is 29.0. The summed E-state index contributed by atoms with van der Waals surface area (Å²) in [4.78, 5) is 23.1. The molecular formula is C40H46F4N4O2. The summed E-state index contributed by atoms with van der Waals surface area (Å²) >= 11 is 0. The SMILES string of the molecule is Cc1ccc(/C(=C(\CC(F)(F)F)c2ccccc2)c2ccc(OC3CCCN(C/C=C/C(=O)NC4CCCC4)C3)nc2)cc1/C(F)=N\C(C)C. The Balaban J connectivity index is 1.39. The molecule has 1 unspecified atom stereocenters. The van der Waals surface area contributed by atoms with E-state index in [9.17, 15) is 18.0 Å². The summed E-state index contributed by atoms with van der Waals surface area (Å²) in [5, 5.41) is 3.07. The molecule has 266 valence electrons. The Kier molecular flexibility index (Phi) is 12.6. The van der Waals surface area contributed by atoms with E-state index in [4.69, 9.17) is 4.74 Å². The second-order valence-corrected chi connectivity index (χ2v) is 13.5. The molecule has 1 amide bonds. The largest absolute Gasteiger partial charge is 0.473 e. The molecule has 1 aromatic heterocycles. The number of halogens is 4. The Morgan fingerprint density at radius 3 is 2.44 bits per heavy atom. The summed E-state index contributed by atoms with van der Waals surface area (Å²) in [6.07, 6.45) is 5.34. The summed E-state index contributed by atoms with van der Waals surface area (Å²) in [6.45, 7) is 7.43. The van der Waals surface area contributed by atoms with Gasteiger partial charge in [0.1, 0.15) is 6.10 Å². The van der Waals surface area contributed by atoms with Crippen LogP contribution in [0.15, 0.2) is 84.0 Å². The number of aryl methyl sites for hydroxylation is 1. The van der Waals surface area contributed by atoms with Crippen LogP contribution in [-0.4, -0.2) is 65.8 Å². The average Bonchev–Trinajstić information content (AvgIpc) is 3.58. The number of nitrogens with one attached hydrogen (secondary N) is 1. The van der Waals surface area contributed by atoms with Gasteiger partial charge in [-0.3, -0.25) is 14.7 Å². The van der Waals surface area contributed by atoms with E-state index in [1.165, 1.54) is 6.20 Å². The molecule has 1 atom stereocenters. The molecule has 2 fully saturated rings. The molecule has 6 nitrogen and oxygen atoms in total. The van der Waals surface area contributed by atoms with Crippen molar-refractivity contribution in [2.45, 2.75) is 90.1 Å². The fourth-order valence-corrected chi connectivity index (χ4v) is 6.66. The lowest BCUT2D eigenvalue weighted by Gasteiger charge is -2.31. The number of amides is 1. The predicted molar refractivity (Wildman–Crippen MR) is 191 cm³/mol. The van der Waals surface area contributed by atoms with Gasteiger partial charge in [0.15, 0.2) is 0 Å². The predicted octanol–water partition coefficient (Wildman–Crippen LogP) is 8.88. The van der Waals surface area contributed by atoms with Crippen LogP contribution in [0, 0.1) is 6.92 Å². The highest BCUT2D eigenvalue weighted by Gasteiger charge is 2.32. The van der Waals surface area contributed by atoms with Gasteiger partial charge in [-0.1, -0.05) is 61.4 Å². The van der Waals surface area contributed by atoms with E-state index in [-0.39, 0.29) is 35.2 Å². The van der Waals surface area contributed by atoms with Crippen molar-refractivity contribution in [3.05, 3.63) is 107 Å². The van der Waals surface area contributed by atoms with Crippen molar-refractivity contribution in [2.75, 3.05) is 19.6 Å². The minimum absolute atomic E-state index is 0.0532. The molecule has 3 aromatic rings. The van der Waals surface area contributed by atoms with E-state index in [0.29, 0.717) is 46.8 Å². The summed E-state index contributed by atoms with van der Waals surface area (Å²) in [6, 6.07) is 16.8. The van der Waals surface area contributed by atoms with Crippen molar-refractivity contribution in [3.8, 4) is 5.88 Å². The van der Waals surface area contributed by atoms with Gasteiger partial charge in [0.2, 0.25) is 17.8 Å². The molecule has 2 heterocycles. The molecule has 0 radical (unpaired) electrons. The maximum Gasteiger partial charge on any atom is 0.393 e. The summed E-state index contributed by atoms with van der Waals surface area (Å²) in [7, 11) is 0. The van der Waals surface area contributed by atoms with Crippen LogP contribution in [0.2, 0.25) is 0 Å². The smallest absolute Gasteiger partial charge is 0.393 e. The van der Waals surface area contributed by atoms with Crippen LogP contribution in [0.5, 0.6) is 5.88 Å². The number of allylic oxidation sites excluding steroid dienone is 1. The van der Waals surface area contributed by atoms with Gasteiger partial charge >= 0.3 is 6.18 Å². The van der Waals surface area contributed by atoms with Crippen LogP contribution in [0.1, 0.15) is 86.6 Å². The van der Waals surface area contributed by atoms with Gasteiger partial charge in [-0.2, -0.15) is 17.6 Å². The maximum absolute atomic E-state index is 15.3. The van der Waals surface area contributed by atoms with Crippen molar-refractivity contribution in [1.29, 1.82) is 0 Å². The van der Waals surface area contributed by atoms with Gasteiger partial charge in [-0.15, -0.1) is 0 Å². The van der Waals surface area contributed by atoms with E-state index in [2.05, 4.69) is 20.2 Å². The number of hydrogen-bond acceptors (Lipinski definition) is 5. The lowest BCUT2D eigenvalue weighted by atomic mass is 9.87. The molecule has 0 spiro atoms. The normalized spacial score (nSPS) is 18.5. The van der Waals surface area contributed by atoms with Gasteiger partial charge in [0.25, 0.3) is 0 Å². The first-order chi connectivity index (χ1) is 23.9. The molecular weight excluding hydrogens is 644 g/mol. The zero-order chi connectivity index (χ0) is 35.7. The quantitative estimate of drug-likeness (QED) is 0.0893. The van der Waals surface area contributed by atoms with E-state index in [0.717, 1.165) is 45.1 Å². The number of ether oxygens (including phenoxy) is 1. The van der Waals surface area contributed by atoms with Gasteiger partial charge in [-0.25, -0.2) is 4.98 Å². The van der Waals surface area contributed by atoms with Crippen LogP contribution in [-0.2, 0) is 4.79 Å². The number of nitrogens with zero attached hydrogens (tertiary/aromatic N) is 3. The molecule has 2 aromatic carbocycles. The van der Waals surface area contributed by atoms with Crippen molar-refractivity contribution in [2.24, 2.45) is 4.99 Å². The van der Waals surface area contributed by atoms with E-state index < -0.39 is 18.6 Å². The summed E-state index contributed by atoms with van der Waals surface area (Å²) in [5.74, 6) is -0.356. The number of likely N-dealkylation sites (tertiary alicyclic amines) is 1. The minimum Gasteiger partial charge on any atom is -0.473 e. The Morgan fingerprint density at radius 1 is 1.02 bits per heavy atom. The van der Waals surface area contributed by atoms with Crippen molar-refractivity contribution >= 4 is 23.0 Å². The average molecular weight is 691 g/mol. The molecule has 5 rings (SSSR count). The fourth-order valence-electron chi connectivity index (χ4n) is 6.66. The van der Waals surface area contributed by atoms with Gasteiger partial charge in [0, 0.05) is 54.6 Å². The molecule has 1 saturated heterocycles. The molecule has 1 N–H and O–H groups in total. The number of benzene rings is 2. The summed E-state index contributed by atoms with van der Waals surface area (Å²) < 4.78 is 64.1. The Hall–Kier alpha value is -4.31. The molecule has 0 bridgehead atoms. The van der Waals surface area contributed by atoms with E-state index in [1.807, 2.05) is 6.08 Å². The highest BCUT2D eigenvalue weighted by Crippen LogP contribution is 2.40. The van der Waals surface area contributed by atoms with Gasteiger partial charge in [0.05, 0.1) is 6.42 Å². The summed E-state index contributed by atoms with van der Waals surface area (Å²) in [5.41, 5.74) is 2.49. The highest BCUT2D eigenvalue weighted by molar-refractivity contribution is 6.01. The van der Waals surface area contributed by atoms with Crippen LogP contribution in [0.3, 0.4) is 0 Å². The Bertz CT molecular complexity index is 1680. The third-order valence-electron chi connectivity index (χ3n) is 9.03. The van der Waals surface area contributed by atoms with Crippen LogP contribution >= 0.6 is 0 Å². The Morgan fingerprint density at radius 2 is 1.76 bits per heavy atom. The lowest BCUT2D eigenvalue weighted by Crippen LogP contribution is -2.41. The van der Waals surface area contributed by atoms with Crippen molar-refractivity contribution in [1.82, 2.24) is 15.2 Å². The number of hydrogen-bond donors (Lipinski definition) is 1. The number of rotatable bonds is 12. The maximum atomic E-state index is 15.3. The fraction of sp³-hybridized carbons (Fsp3) is 0.425. The molecule has 1 aliphatic carbocycles. The first kappa shape index (κ1) is 37.0. The van der Waals surface area contributed by atoms with Crippen LogP contribution in [0.4, 0.5) is 17.6 Å². The van der Waals surface area contributed by atoms with E-state index in [1.54, 1.807) is 87.5 Å². The highest BCUT2D eigenvalue weighted by atomic mass is 19.4. The lowest BCUT2D eigenvalue weighted by molar-refractivity contribution is -0.123. The van der Waals surface area contributed by atoms with Crippen LogP contribution in [0.25, 0.3) is 11.1 Å². The number of carbonyl (C=O) groups is 1. The number of aliphatic imine (C=N–C) groups is 1. The monoisotopic (exact) mass is 690 g/mol. The van der Waals surface area contributed by atoms with Gasteiger partial charge < -0.3 is 10.1 Å². The van der Waals surface area contributed by atoms with Crippen LogP contribution < -0.4 is 10.1 Å². The van der Waals surface area contributed by atoms with Crippen molar-refractivity contribution < 1.29 is 27.1 Å². The third kappa shape index (κ3) is 10.6. The molecule has 10 heteroatoms. The molecule has 2 aliphatic rings. The molecule has 1 saturated carbocycles. The third-order valence-corrected chi connectivity index (χ3v) is 9.03. The number of piperidine rings is 1. The number of pyridine rings is 1. The standard InChI is InChI=1S/C40H46F4N4O2/c1-27(2)46-39(41)34-23-30(18-17-28(34)3)38(35(24-40(42,43)44)29-11-5-4-6-12-29)31-19-20-37(45-25-31)50-33-15-9-21-48(26-33)22-10-16-36(49)47-32-13-7-8-14-32/h4-6,10-12,16-20,23,25,27,32-33H,7-9,13-15,21-22,24,26H2,1-3H3,(H,47,49)/b16-10+,38-35-,46-39+. The minimum atomic E-state index is -4.51. The second-order valence-electron chi connectivity index (χ2n) is 13.5. The van der Waals surface area contributed by atoms with Crippen molar-refractivity contribution in [3.63, 3.8) is 0 Å². The van der Waals surface area contributed by atoms with Gasteiger partial charge in [-0.05, 0) is 93.0 Å². The molecule has 50 heavy (non-hydrogen) atoms.